The monoisotopic (exact) mass is 253 g/mol. The summed E-state index contributed by atoms with van der Waals surface area (Å²) in [6.07, 6.45) is 0.768. The van der Waals surface area contributed by atoms with E-state index >= 15 is 0 Å². The third-order valence-corrected chi connectivity index (χ3v) is 3.23. The fourth-order valence-corrected chi connectivity index (χ4v) is 2.14. The van der Waals surface area contributed by atoms with Crippen molar-refractivity contribution in [1.29, 1.82) is 0 Å². The number of likely N-dealkylation sites (N-methyl/N-ethyl adjacent to an activating group) is 1. The maximum absolute atomic E-state index is 5.63. The number of hydrogen-bond donors (Lipinski definition) is 1. The van der Waals surface area contributed by atoms with Crippen LogP contribution in [-0.4, -0.2) is 40.7 Å². The molecule has 0 aliphatic heterocycles. The van der Waals surface area contributed by atoms with Crippen molar-refractivity contribution in [2.75, 3.05) is 26.4 Å². The number of anilines is 1. The molecule has 0 aromatic carbocycles. The normalized spacial score (nSPS) is 11.3. The van der Waals surface area contributed by atoms with Gasteiger partial charge in [0.2, 0.25) is 0 Å². The average Bonchev–Trinajstić information content (AvgIpc) is 2.82. The smallest absolute Gasteiger partial charge is 0.269 e. The Kier molecular flexibility index (Phi) is 3.39. The molecule has 0 saturated carbocycles. The Morgan fingerprint density at radius 3 is 2.71 bits per heavy atom. The number of aromatic nitrogens is 3. The molecule has 0 fully saturated rings. The molecule has 0 spiro atoms. The van der Waals surface area contributed by atoms with E-state index in [1.807, 2.05) is 21.0 Å². The molecular weight excluding hydrogens is 238 g/mol. The summed E-state index contributed by atoms with van der Waals surface area (Å²) in [7, 11) is 4.02. The lowest BCUT2D eigenvalue weighted by Gasteiger charge is -2.05. The van der Waals surface area contributed by atoms with Crippen LogP contribution in [0, 0.1) is 6.92 Å². The van der Waals surface area contributed by atoms with Gasteiger partial charge in [-0.2, -0.15) is 4.98 Å². The highest BCUT2D eigenvalue weighted by molar-refractivity contribution is 7.18. The first kappa shape index (κ1) is 12.0. The number of nitrogens with two attached hydrogens (primary N) is 1. The molecule has 7 heteroatoms. The largest absolute Gasteiger partial charge is 0.375 e. The Hall–Kier alpha value is -1.47. The molecule has 2 aromatic heterocycles. The molecule has 2 N–H and O–H groups in total. The molecule has 92 valence electrons. The highest BCUT2D eigenvalue weighted by Gasteiger charge is 2.15. The van der Waals surface area contributed by atoms with Crippen molar-refractivity contribution in [2.45, 2.75) is 13.3 Å². The van der Waals surface area contributed by atoms with Crippen LogP contribution in [0.15, 0.2) is 4.52 Å². The van der Waals surface area contributed by atoms with Gasteiger partial charge in [-0.15, -0.1) is 0 Å². The lowest BCUT2D eigenvalue weighted by Crippen LogP contribution is -2.15. The zero-order valence-electron chi connectivity index (χ0n) is 10.1. The van der Waals surface area contributed by atoms with Crippen LogP contribution in [0.25, 0.3) is 10.8 Å². The van der Waals surface area contributed by atoms with Crippen LogP contribution in [0.4, 0.5) is 5.13 Å². The summed E-state index contributed by atoms with van der Waals surface area (Å²) in [6, 6.07) is 0. The summed E-state index contributed by atoms with van der Waals surface area (Å²) in [4.78, 5) is 11.4. The van der Waals surface area contributed by atoms with Crippen LogP contribution in [0.2, 0.25) is 0 Å². The molecule has 2 aromatic rings. The predicted molar refractivity (Wildman–Crippen MR) is 66.8 cm³/mol. The summed E-state index contributed by atoms with van der Waals surface area (Å²) in [6.45, 7) is 2.77. The molecule has 0 saturated heterocycles. The Morgan fingerprint density at radius 2 is 2.12 bits per heavy atom. The second-order valence-corrected chi connectivity index (χ2v) is 5.07. The third-order valence-electron chi connectivity index (χ3n) is 2.26. The SMILES string of the molecule is Cc1nc(N)sc1-c1nc(CCN(C)C)no1. The van der Waals surface area contributed by atoms with Crippen LogP contribution < -0.4 is 5.73 Å². The summed E-state index contributed by atoms with van der Waals surface area (Å²) >= 11 is 1.37. The van der Waals surface area contributed by atoms with Gasteiger partial charge >= 0.3 is 0 Å². The minimum atomic E-state index is 0.505. The second kappa shape index (κ2) is 4.80. The van der Waals surface area contributed by atoms with Crippen molar-refractivity contribution in [2.24, 2.45) is 0 Å². The quantitative estimate of drug-likeness (QED) is 0.881. The summed E-state index contributed by atoms with van der Waals surface area (Å²) < 4.78 is 5.21. The Balaban J connectivity index is 2.15. The number of rotatable bonds is 4. The van der Waals surface area contributed by atoms with Crippen molar-refractivity contribution >= 4 is 16.5 Å². The topological polar surface area (TPSA) is 81.1 Å². The van der Waals surface area contributed by atoms with Gasteiger partial charge in [-0.3, -0.25) is 0 Å². The lowest BCUT2D eigenvalue weighted by molar-refractivity contribution is 0.392. The number of hydrogen-bond acceptors (Lipinski definition) is 7. The highest BCUT2D eigenvalue weighted by atomic mass is 32.1. The van der Waals surface area contributed by atoms with Crippen LogP contribution in [0.5, 0.6) is 0 Å². The standard InChI is InChI=1S/C10H15N5OS/c1-6-8(17-10(11)12-6)9-13-7(14-16-9)4-5-15(2)3/h4-5H2,1-3H3,(H2,11,12). The molecule has 0 radical (unpaired) electrons. The lowest BCUT2D eigenvalue weighted by atomic mass is 10.4. The maximum Gasteiger partial charge on any atom is 0.269 e. The van der Waals surface area contributed by atoms with Crippen LogP contribution >= 0.6 is 11.3 Å². The van der Waals surface area contributed by atoms with E-state index < -0.39 is 0 Å². The zero-order valence-corrected chi connectivity index (χ0v) is 10.9. The second-order valence-electron chi connectivity index (χ2n) is 4.04. The van der Waals surface area contributed by atoms with Gasteiger partial charge in [0, 0.05) is 13.0 Å². The van der Waals surface area contributed by atoms with Gasteiger partial charge in [0.1, 0.15) is 4.88 Å². The molecule has 0 unspecified atom stereocenters. The minimum absolute atomic E-state index is 0.505. The number of thiazole rings is 1. The zero-order chi connectivity index (χ0) is 12.4. The third kappa shape index (κ3) is 2.80. The molecule has 0 bridgehead atoms. The van der Waals surface area contributed by atoms with E-state index in [1.54, 1.807) is 0 Å². The fraction of sp³-hybridized carbons (Fsp3) is 0.500. The van der Waals surface area contributed by atoms with E-state index in [2.05, 4.69) is 20.0 Å². The first-order valence-corrected chi connectivity index (χ1v) is 6.08. The van der Waals surface area contributed by atoms with Crippen molar-refractivity contribution < 1.29 is 4.52 Å². The highest BCUT2D eigenvalue weighted by Crippen LogP contribution is 2.29. The van der Waals surface area contributed by atoms with Gasteiger partial charge in [0.25, 0.3) is 5.89 Å². The number of nitrogen functional groups attached to an aromatic ring is 1. The Labute approximate surface area is 103 Å². The Bertz CT molecular complexity index is 505. The Morgan fingerprint density at radius 1 is 1.35 bits per heavy atom. The van der Waals surface area contributed by atoms with Crippen LogP contribution in [0.1, 0.15) is 11.5 Å². The van der Waals surface area contributed by atoms with Crippen molar-refractivity contribution in [3.8, 4) is 10.8 Å². The van der Waals surface area contributed by atoms with E-state index in [-0.39, 0.29) is 0 Å². The van der Waals surface area contributed by atoms with Gasteiger partial charge < -0.3 is 15.2 Å². The molecular formula is C10H15N5OS. The van der Waals surface area contributed by atoms with Crippen molar-refractivity contribution in [1.82, 2.24) is 20.0 Å². The maximum atomic E-state index is 5.63. The van der Waals surface area contributed by atoms with Gasteiger partial charge in [-0.05, 0) is 21.0 Å². The van der Waals surface area contributed by atoms with Crippen LogP contribution in [-0.2, 0) is 6.42 Å². The van der Waals surface area contributed by atoms with Crippen LogP contribution in [0.3, 0.4) is 0 Å². The summed E-state index contributed by atoms with van der Waals surface area (Å²) in [5.74, 6) is 1.21. The molecule has 17 heavy (non-hydrogen) atoms. The van der Waals surface area contributed by atoms with Crippen molar-refractivity contribution in [3.05, 3.63) is 11.5 Å². The van der Waals surface area contributed by atoms with Gasteiger partial charge in [-0.25, -0.2) is 4.98 Å². The van der Waals surface area contributed by atoms with Gasteiger partial charge in [-0.1, -0.05) is 16.5 Å². The molecule has 2 heterocycles. The molecule has 0 amide bonds. The summed E-state index contributed by atoms with van der Waals surface area (Å²) in [5.41, 5.74) is 6.46. The molecule has 2 rings (SSSR count). The number of nitrogens with zero attached hydrogens (tertiary/aromatic N) is 4. The minimum Gasteiger partial charge on any atom is -0.375 e. The van der Waals surface area contributed by atoms with Crippen molar-refractivity contribution in [3.63, 3.8) is 0 Å². The van der Waals surface area contributed by atoms with E-state index in [1.165, 1.54) is 11.3 Å². The van der Waals surface area contributed by atoms with E-state index in [4.69, 9.17) is 10.3 Å². The fourth-order valence-electron chi connectivity index (χ4n) is 1.39. The molecule has 6 nitrogen and oxygen atoms in total. The first-order chi connectivity index (χ1) is 8.06. The first-order valence-electron chi connectivity index (χ1n) is 5.27. The number of aryl methyl sites for hydroxylation is 1. The van der Waals surface area contributed by atoms with E-state index in [0.29, 0.717) is 16.8 Å². The summed E-state index contributed by atoms with van der Waals surface area (Å²) in [5, 5.41) is 4.46. The molecule has 0 atom stereocenters. The van der Waals surface area contributed by atoms with E-state index in [9.17, 15) is 0 Å². The van der Waals surface area contributed by atoms with E-state index in [0.717, 1.165) is 23.5 Å². The molecule has 0 aliphatic carbocycles. The molecule has 0 aliphatic rings. The average molecular weight is 253 g/mol. The van der Waals surface area contributed by atoms with Gasteiger partial charge in [0.15, 0.2) is 11.0 Å². The predicted octanol–water partition coefficient (Wildman–Crippen LogP) is 1.19. The van der Waals surface area contributed by atoms with Gasteiger partial charge in [0.05, 0.1) is 5.69 Å².